The van der Waals surface area contributed by atoms with Crippen LogP contribution in [-0.4, -0.2) is 26.3 Å². The van der Waals surface area contributed by atoms with Crippen molar-refractivity contribution in [2.24, 2.45) is 0 Å². The van der Waals surface area contributed by atoms with Gasteiger partial charge < -0.3 is 14.8 Å². The summed E-state index contributed by atoms with van der Waals surface area (Å²) in [6.45, 7) is 3.09. The summed E-state index contributed by atoms with van der Waals surface area (Å²) in [4.78, 5) is 0. The summed E-state index contributed by atoms with van der Waals surface area (Å²) in [7, 11) is 0. The minimum Gasteiger partial charge on any atom is -0.494 e. The molecule has 0 spiro atoms. The van der Waals surface area contributed by atoms with E-state index in [4.69, 9.17) is 9.47 Å². The monoisotopic (exact) mass is 347 g/mol. The van der Waals surface area contributed by atoms with Crippen LogP contribution in [0, 0.1) is 0 Å². The highest BCUT2D eigenvalue weighted by molar-refractivity contribution is 5.70. The van der Waals surface area contributed by atoms with Crippen molar-refractivity contribution in [1.29, 1.82) is 0 Å². The van der Waals surface area contributed by atoms with Crippen LogP contribution in [0.25, 0.3) is 11.1 Å². The Labute approximate surface area is 155 Å². The van der Waals surface area contributed by atoms with Crippen LogP contribution in [0.5, 0.6) is 11.5 Å². The second-order valence-electron chi connectivity index (χ2n) is 5.98. The van der Waals surface area contributed by atoms with Crippen LogP contribution < -0.4 is 14.8 Å². The van der Waals surface area contributed by atoms with Gasteiger partial charge in [-0.15, -0.1) is 0 Å². The Balaban J connectivity index is 1.34. The molecule has 0 aliphatic carbocycles. The predicted molar refractivity (Wildman–Crippen MR) is 107 cm³/mol. The van der Waals surface area contributed by atoms with Crippen molar-refractivity contribution in [2.45, 2.75) is 6.42 Å². The van der Waals surface area contributed by atoms with Gasteiger partial charge in [0.1, 0.15) is 18.1 Å². The third-order valence-electron chi connectivity index (χ3n) is 4.02. The maximum atomic E-state index is 5.97. The Hall–Kier alpha value is -2.78. The van der Waals surface area contributed by atoms with E-state index in [1.807, 2.05) is 66.7 Å². The molecular weight excluding hydrogens is 322 g/mol. The van der Waals surface area contributed by atoms with E-state index in [0.717, 1.165) is 36.6 Å². The lowest BCUT2D eigenvalue weighted by Gasteiger charge is -2.12. The molecule has 0 saturated heterocycles. The maximum Gasteiger partial charge on any atom is 0.127 e. The number of hydrogen-bond donors (Lipinski definition) is 1. The van der Waals surface area contributed by atoms with Crippen molar-refractivity contribution in [3.05, 3.63) is 84.9 Å². The first-order valence-electron chi connectivity index (χ1n) is 9.09. The molecule has 3 rings (SSSR count). The fourth-order valence-corrected chi connectivity index (χ4v) is 2.71. The quantitative estimate of drug-likeness (QED) is 0.535. The SMILES string of the molecule is c1ccc(OCCCNCCOc2ccccc2-c2ccccc2)cc1. The zero-order chi connectivity index (χ0) is 17.9. The summed E-state index contributed by atoms with van der Waals surface area (Å²) in [6, 6.07) is 28.4. The smallest absolute Gasteiger partial charge is 0.127 e. The highest BCUT2D eigenvalue weighted by atomic mass is 16.5. The summed E-state index contributed by atoms with van der Waals surface area (Å²) in [5.41, 5.74) is 2.30. The molecule has 1 N–H and O–H groups in total. The highest BCUT2D eigenvalue weighted by Crippen LogP contribution is 2.29. The Morgan fingerprint density at radius 2 is 1.31 bits per heavy atom. The second-order valence-corrected chi connectivity index (χ2v) is 5.98. The van der Waals surface area contributed by atoms with Gasteiger partial charge in [0.15, 0.2) is 0 Å². The Morgan fingerprint density at radius 1 is 0.615 bits per heavy atom. The zero-order valence-corrected chi connectivity index (χ0v) is 14.9. The van der Waals surface area contributed by atoms with Gasteiger partial charge in [-0.1, -0.05) is 66.7 Å². The lowest BCUT2D eigenvalue weighted by atomic mass is 10.1. The zero-order valence-electron chi connectivity index (χ0n) is 14.9. The Morgan fingerprint density at radius 3 is 2.12 bits per heavy atom. The number of ether oxygens (including phenoxy) is 2. The molecule has 0 saturated carbocycles. The number of rotatable bonds is 10. The van der Waals surface area contributed by atoms with Gasteiger partial charge in [0.25, 0.3) is 0 Å². The maximum absolute atomic E-state index is 5.97. The van der Waals surface area contributed by atoms with Crippen LogP contribution in [0.15, 0.2) is 84.9 Å². The first kappa shape index (κ1) is 18.0. The summed E-state index contributed by atoms with van der Waals surface area (Å²) < 4.78 is 11.6. The molecule has 0 aliphatic rings. The molecule has 0 heterocycles. The van der Waals surface area contributed by atoms with Crippen molar-refractivity contribution >= 4 is 0 Å². The van der Waals surface area contributed by atoms with Crippen LogP contribution in [-0.2, 0) is 0 Å². The molecule has 0 radical (unpaired) electrons. The van der Waals surface area contributed by atoms with E-state index in [1.165, 1.54) is 5.56 Å². The molecule has 0 amide bonds. The predicted octanol–water partition coefficient (Wildman–Crippen LogP) is 4.79. The fourth-order valence-electron chi connectivity index (χ4n) is 2.71. The third-order valence-corrected chi connectivity index (χ3v) is 4.02. The van der Waals surface area contributed by atoms with Crippen molar-refractivity contribution < 1.29 is 9.47 Å². The van der Waals surface area contributed by atoms with Gasteiger partial charge in [-0.05, 0) is 36.7 Å². The lowest BCUT2D eigenvalue weighted by Crippen LogP contribution is -2.23. The fraction of sp³-hybridized carbons (Fsp3) is 0.217. The van der Waals surface area contributed by atoms with Gasteiger partial charge in [0.2, 0.25) is 0 Å². The van der Waals surface area contributed by atoms with E-state index in [-0.39, 0.29) is 0 Å². The number of benzene rings is 3. The van der Waals surface area contributed by atoms with Crippen LogP contribution in [0.4, 0.5) is 0 Å². The minimum absolute atomic E-state index is 0.642. The van der Waals surface area contributed by atoms with Crippen LogP contribution in [0.3, 0.4) is 0 Å². The molecular formula is C23H25NO2. The Bertz CT molecular complexity index is 759. The minimum atomic E-state index is 0.642. The molecule has 0 unspecified atom stereocenters. The van der Waals surface area contributed by atoms with Crippen molar-refractivity contribution in [3.63, 3.8) is 0 Å². The van der Waals surface area contributed by atoms with Gasteiger partial charge in [0.05, 0.1) is 6.61 Å². The summed E-state index contributed by atoms with van der Waals surface area (Å²) in [5.74, 6) is 1.85. The van der Waals surface area contributed by atoms with E-state index >= 15 is 0 Å². The molecule has 3 aromatic carbocycles. The average Bonchev–Trinajstić information content (AvgIpc) is 2.72. The molecule has 0 bridgehead atoms. The molecule has 0 aliphatic heterocycles. The number of hydrogen-bond acceptors (Lipinski definition) is 3. The first-order chi connectivity index (χ1) is 12.9. The van der Waals surface area contributed by atoms with Crippen LogP contribution >= 0.6 is 0 Å². The normalized spacial score (nSPS) is 10.5. The van der Waals surface area contributed by atoms with E-state index in [9.17, 15) is 0 Å². The molecule has 0 aromatic heterocycles. The molecule has 134 valence electrons. The number of para-hydroxylation sites is 2. The standard InChI is InChI=1S/C23H25NO2/c1-3-10-20(11-4-1)22-14-7-8-15-23(22)26-19-17-24-16-9-18-25-21-12-5-2-6-13-21/h1-8,10-15,24H,9,16-19H2. The van der Waals surface area contributed by atoms with Crippen LogP contribution in [0.1, 0.15) is 6.42 Å². The molecule has 3 nitrogen and oxygen atoms in total. The topological polar surface area (TPSA) is 30.5 Å². The summed E-state index contributed by atoms with van der Waals surface area (Å²) in [5, 5.41) is 3.40. The Kier molecular flexibility index (Phi) is 7.12. The van der Waals surface area contributed by atoms with Gasteiger partial charge in [-0.3, -0.25) is 0 Å². The van der Waals surface area contributed by atoms with E-state index in [1.54, 1.807) is 0 Å². The highest BCUT2D eigenvalue weighted by Gasteiger charge is 2.04. The molecule has 0 fully saturated rings. The lowest BCUT2D eigenvalue weighted by molar-refractivity contribution is 0.295. The first-order valence-corrected chi connectivity index (χ1v) is 9.09. The van der Waals surface area contributed by atoms with Gasteiger partial charge in [-0.25, -0.2) is 0 Å². The largest absolute Gasteiger partial charge is 0.494 e. The molecule has 3 aromatic rings. The van der Waals surface area contributed by atoms with Crippen LogP contribution in [0.2, 0.25) is 0 Å². The molecule has 26 heavy (non-hydrogen) atoms. The summed E-state index contributed by atoms with van der Waals surface area (Å²) in [6.07, 6.45) is 0.968. The number of nitrogens with one attached hydrogen (secondary N) is 1. The van der Waals surface area contributed by atoms with Gasteiger partial charge in [0, 0.05) is 12.1 Å². The van der Waals surface area contributed by atoms with E-state index < -0.39 is 0 Å². The van der Waals surface area contributed by atoms with Crippen molar-refractivity contribution in [1.82, 2.24) is 5.32 Å². The molecule has 3 heteroatoms. The third kappa shape index (κ3) is 5.64. The van der Waals surface area contributed by atoms with E-state index in [0.29, 0.717) is 13.2 Å². The average molecular weight is 347 g/mol. The van der Waals surface area contributed by atoms with Gasteiger partial charge >= 0.3 is 0 Å². The van der Waals surface area contributed by atoms with Crippen molar-refractivity contribution in [3.8, 4) is 22.6 Å². The second kappa shape index (κ2) is 10.3. The van der Waals surface area contributed by atoms with Gasteiger partial charge in [-0.2, -0.15) is 0 Å². The molecule has 0 atom stereocenters. The summed E-state index contributed by atoms with van der Waals surface area (Å²) >= 11 is 0. The van der Waals surface area contributed by atoms with Crippen molar-refractivity contribution in [2.75, 3.05) is 26.3 Å². The van der Waals surface area contributed by atoms with E-state index in [2.05, 4.69) is 23.5 Å².